The van der Waals surface area contributed by atoms with Crippen molar-refractivity contribution in [1.29, 1.82) is 0 Å². The Hall–Kier alpha value is -3.07. The number of carbonyl (C=O) groups is 1. The van der Waals surface area contributed by atoms with Crippen molar-refractivity contribution >= 4 is 17.3 Å². The fourth-order valence-electron chi connectivity index (χ4n) is 2.70. The van der Waals surface area contributed by atoms with Crippen LogP contribution in [0.3, 0.4) is 0 Å². The van der Waals surface area contributed by atoms with Crippen LogP contribution in [0.15, 0.2) is 47.8 Å². The number of aryl methyl sites for hydroxylation is 1. The zero-order valence-corrected chi connectivity index (χ0v) is 17.7. The van der Waals surface area contributed by atoms with E-state index >= 15 is 0 Å². The molecule has 0 bridgehead atoms. The summed E-state index contributed by atoms with van der Waals surface area (Å²) in [4.78, 5) is 15.8. The van der Waals surface area contributed by atoms with Crippen molar-refractivity contribution in [3.63, 3.8) is 0 Å². The van der Waals surface area contributed by atoms with E-state index in [2.05, 4.69) is 4.98 Å². The topological polar surface area (TPSA) is 57.7 Å². The van der Waals surface area contributed by atoms with E-state index in [0.29, 0.717) is 34.4 Å². The number of rotatable bonds is 8. The number of thiazole rings is 1. The summed E-state index contributed by atoms with van der Waals surface area (Å²) >= 11 is 1.36. The van der Waals surface area contributed by atoms with E-state index in [1.807, 2.05) is 6.92 Å². The van der Waals surface area contributed by atoms with Crippen LogP contribution in [0.5, 0.6) is 11.5 Å². The van der Waals surface area contributed by atoms with E-state index in [4.69, 9.17) is 14.2 Å². The number of carbonyl (C=O) groups excluding carboxylic acids is 1. The minimum atomic E-state index is -4.36. The molecule has 1 heterocycles. The standard InChI is InChI=1S/C22H20F3NO4S/c1-3-28-21(27)12-30-19-9-8-17(10-14(19)2)29-11-20-26-18(13-31-20)15-4-6-16(7-5-15)22(23,24)25/h4-10,13H,3,11-12H2,1-2H3. The number of hydrogen-bond acceptors (Lipinski definition) is 6. The van der Waals surface area contributed by atoms with Crippen molar-refractivity contribution in [2.45, 2.75) is 26.6 Å². The minimum absolute atomic E-state index is 0.166. The van der Waals surface area contributed by atoms with Gasteiger partial charge in [-0.1, -0.05) is 12.1 Å². The number of alkyl halides is 3. The van der Waals surface area contributed by atoms with Crippen LogP contribution in [0, 0.1) is 6.92 Å². The summed E-state index contributed by atoms with van der Waals surface area (Å²) in [5.41, 5.74) is 1.30. The van der Waals surface area contributed by atoms with Crippen LogP contribution in [0.4, 0.5) is 13.2 Å². The number of aromatic nitrogens is 1. The van der Waals surface area contributed by atoms with Gasteiger partial charge in [-0.3, -0.25) is 0 Å². The Morgan fingerprint density at radius 1 is 1.10 bits per heavy atom. The summed E-state index contributed by atoms with van der Waals surface area (Å²) < 4.78 is 54.1. The van der Waals surface area contributed by atoms with Gasteiger partial charge in [-0.05, 0) is 49.7 Å². The highest BCUT2D eigenvalue weighted by molar-refractivity contribution is 7.09. The molecule has 0 radical (unpaired) electrons. The smallest absolute Gasteiger partial charge is 0.416 e. The molecule has 0 unspecified atom stereocenters. The summed E-state index contributed by atoms with van der Waals surface area (Å²) in [6.45, 7) is 3.91. The maximum absolute atomic E-state index is 12.7. The SMILES string of the molecule is CCOC(=O)COc1ccc(OCc2nc(-c3ccc(C(F)(F)F)cc3)cs2)cc1C. The first kappa shape index (κ1) is 22.6. The summed E-state index contributed by atoms with van der Waals surface area (Å²) in [5.74, 6) is 0.723. The van der Waals surface area contributed by atoms with Gasteiger partial charge in [0.15, 0.2) is 6.61 Å². The average Bonchev–Trinajstić information content (AvgIpc) is 3.20. The first-order chi connectivity index (χ1) is 14.8. The molecule has 0 aliphatic carbocycles. The van der Waals surface area contributed by atoms with Crippen LogP contribution in [0.2, 0.25) is 0 Å². The molecule has 0 atom stereocenters. The Morgan fingerprint density at radius 2 is 1.84 bits per heavy atom. The van der Waals surface area contributed by atoms with Gasteiger partial charge >= 0.3 is 12.1 Å². The second-order valence-corrected chi connectivity index (χ2v) is 7.45. The predicted octanol–water partition coefficient (Wildman–Crippen LogP) is 5.66. The third-order valence-electron chi connectivity index (χ3n) is 4.22. The van der Waals surface area contributed by atoms with Gasteiger partial charge in [0.1, 0.15) is 23.1 Å². The molecule has 164 valence electrons. The number of hydrogen-bond donors (Lipinski definition) is 0. The lowest BCUT2D eigenvalue weighted by atomic mass is 10.1. The summed E-state index contributed by atoms with van der Waals surface area (Å²) in [6, 6.07) is 10.1. The number of nitrogens with zero attached hydrogens (tertiary/aromatic N) is 1. The van der Waals surface area contributed by atoms with Gasteiger partial charge in [0.2, 0.25) is 0 Å². The molecule has 0 N–H and O–H groups in total. The largest absolute Gasteiger partial charge is 0.486 e. The van der Waals surface area contributed by atoms with E-state index in [1.54, 1.807) is 30.5 Å². The van der Waals surface area contributed by atoms with Gasteiger partial charge in [-0.15, -0.1) is 11.3 Å². The van der Waals surface area contributed by atoms with Crippen molar-refractivity contribution in [2.24, 2.45) is 0 Å². The highest BCUT2D eigenvalue weighted by Crippen LogP contribution is 2.31. The van der Waals surface area contributed by atoms with E-state index < -0.39 is 17.7 Å². The molecule has 3 aromatic rings. The Kier molecular flexibility index (Phi) is 7.17. The second kappa shape index (κ2) is 9.82. The monoisotopic (exact) mass is 451 g/mol. The Labute approximate surface area is 181 Å². The van der Waals surface area contributed by atoms with Gasteiger partial charge < -0.3 is 14.2 Å². The van der Waals surface area contributed by atoms with Crippen LogP contribution >= 0.6 is 11.3 Å². The Morgan fingerprint density at radius 3 is 2.48 bits per heavy atom. The van der Waals surface area contributed by atoms with Gasteiger partial charge in [0.05, 0.1) is 17.9 Å². The predicted molar refractivity (Wildman–Crippen MR) is 110 cm³/mol. The van der Waals surface area contributed by atoms with Crippen LogP contribution < -0.4 is 9.47 Å². The fraction of sp³-hybridized carbons (Fsp3) is 0.273. The molecule has 0 fully saturated rings. The zero-order valence-electron chi connectivity index (χ0n) is 16.9. The maximum atomic E-state index is 12.7. The van der Waals surface area contributed by atoms with Gasteiger partial charge in [0.25, 0.3) is 0 Å². The zero-order chi connectivity index (χ0) is 22.4. The van der Waals surface area contributed by atoms with E-state index in [-0.39, 0.29) is 13.2 Å². The van der Waals surface area contributed by atoms with E-state index in [1.165, 1.54) is 23.5 Å². The summed E-state index contributed by atoms with van der Waals surface area (Å²) in [5, 5.41) is 2.47. The van der Waals surface area contributed by atoms with Gasteiger partial charge in [0, 0.05) is 10.9 Å². The molecular weight excluding hydrogens is 431 g/mol. The van der Waals surface area contributed by atoms with Crippen LogP contribution in [0.1, 0.15) is 23.1 Å². The van der Waals surface area contributed by atoms with Crippen LogP contribution in [-0.2, 0) is 22.3 Å². The Balaban J connectivity index is 1.58. The molecule has 9 heteroatoms. The van der Waals surface area contributed by atoms with Crippen molar-refractivity contribution in [3.8, 4) is 22.8 Å². The lowest BCUT2D eigenvalue weighted by Crippen LogP contribution is -2.14. The lowest BCUT2D eigenvalue weighted by Gasteiger charge is -2.10. The molecule has 0 saturated carbocycles. The lowest BCUT2D eigenvalue weighted by molar-refractivity contribution is -0.145. The molecule has 2 aromatic carbocycles. The second-order valence-electron chi connectivity index (χ2n) is 6.51. The number of halogens is 3. The van der Waals surface area contributed by atoms with Crippen molar-refractivity contribution in [2.75, 3.05) is 13.2 Å². The fourth-order valence-corrected chi connectivity index (χ4v) is 3.41. The number of esters is 1. The quantitative estimate of drug-likeness (QED) is 0.414. The van der Waals surface area contributed by atoms with Crippen LogP contribution in [-0.4, -0.2) is 24.2 Å². The molecular formula is C22H20F3NO4S. The number of benzene rings is 2. The van der Waals surface area contributed by atoms with E-state index in [9.17, 15) is 18.0 Å². The molecule has 1 aromatic heterocycles. The average molecular weight is 451 g/mol. The molecule has 0 aliphatic rings. The molecule has 0 saturated heterocycles. The first-order valence-corrected chi connectivity index (χ1v) is 10.3. The first-order valence-electron chi connectivity index (χ1n) is 9.40. The maximum Gasteiger partial charge on any atom is 0.416 e. The van der Waals surface area contributed by atoms with Gasteiger partial charge in [-0.25, -0.2) is 9.78 Å². The molecule has 0 spiro atoms. The third kappa shape index (κ3) is 6.21. The number of ether oxygens (including phenoxy) is 3. The normalized spacial score (nSPS) is 11.3. The highest BCUT2D eigenvalue weighted by atomic mass is 32.1. The van der Waals surface area contributed by atoms with Crippen molar-refractivity contribution in [3.05, 3.63) is 64.0 Å². The van der Waals surface area contributed by atoms with E-state index in [0.717, 1.165) is 17.7 Å². The Bertz CT molecular complexity index is 1030. The third-order valence-corrected chi connectivity index (χ3v) is 5.04. The van der Waals surface area contributed by atoms with Crippen molar-refractivity contribution in [1.82, 2.24) is 4.98 Å². The molecule has 31 heavy (non-hydrogen) atoms. The van der Waals surface area contributed by atoms with Gasteiger partial charge in [-0.2, -0.15) is 13.2 Å². The highest BCUT2D eigenvalue weighted by Gasteiger charge is 2.30. The molecule has 0 amide bonds. The molecule has 3 rings (SSSR count). The molecule has 0 aliphatic heterocycles. The van der Waals surface area contributed by atoms with Crippen LogP contribution in [0.25, 0.3) is 11.3 Å². The molecule has 5 nitrogen and oxygen atoms in total. The summed E-state index contributed by atoms with van der Waals surface area (Å²) in [7, 11) is 0. The minimum Gasteiger partial charge on any atom is -0.486 e. The van der Waals surface area contributed by atoms with Crippen molar-refractivity contribution < 1.29 is 32.2 Å². The summed E-state index contributed by atoms with van der Waals surface area (Å²) in [6.07, 6.45) is -4.36.